The van der Waals surface area contributed by atoms with E-state index in [0.29, 0.717) is 6.54 Å². The average molecular weight is 496 g/mol. The van der Waals surface area contributed by atoms with Crippen LogP contribution in [0.2, 0.25) is 0 Å². The number of nitrogens with one attached hydrogen (secondary N) is 2. The largest absolute Gasteiger partial charge is 0.356 e. The zero-order chi connectivity index (χ0) is 18.4. The van der Waals surface area contributed by atoms with Crippen LogP contribution in [0.3, 0.4) is 0 Å². The number of aryl methyl sites for hydroxylation is 1. The maximum absolute atomic E-state index is 4.49. The Balaban J connectivity index is 0.00000261. The number of nitrogens with zero attached hydrogens (tertiary/aromatic N) is 4. The number of benzene rings is 1. The number of aliphatic imine (C=N–C) groups is 1. The molecule has 0 atom stereocenters. The number of aromatic amines is 1. The summed E-state index contributed by atoms with van der Waals surface area (Å²) in [6.45, 7) is 3.48. The Labute approximate surface area is 181 Å². The molecule has 2 N–H and O–H groups in total. The quantitative estimate of drug-likeness (QED) is 0.310. The van der Waals surface area contributed by atoms with Gasteiger partial charge in [0.2, 0.25) is 0 Å². The second-order valence-electron chi connectivity index (χ2n) is 6.05. The molecule has 0 saturated heterocycles. The van der Waals surface area contributed by atoms with E-state index in [-0.39, 0.29) is 24.0 Å². The summed E-state index contributed by atoms with van der Waals surface area (Å²) < 4.78 is 0. The molecule has 0 amide bonds. The average Bonchev–Trinajstić information content (AvgIpc) is 3.28. The van der Waals surface area contributed by atoms with Gasteiger partial charge >= 0.3 is 0 Å². The van der Waals surface area contributed by atoms with Gasteiger partial charge in [0, 0.05) is 32.4 Å². The highest BCUT2D eigenvalue weighted by molar-refractivity contribution is 14.0. The molecule has 2 heterocycles. The van der Waals surface area contributed by atoms with E-state index in [0.717, 1.165) is 46.7 Å². The van der Waals surface area contributed by atoms with Gasteiger partial charge in [0.05, 0.1) is 29.1 Å². The van der Waals surface area contributed by atoms with Crippen LogP contribution in [0.5, 0.6) is 0 Å². The van der Waals surface area contributed by atoms with Crippen molar-refractivity contribution in [3.63, 3.8) is 0 Å². The van der Waals surface area contributed by atoms with Crippen molar-refractivity contribution in [2.45, 2.75) is 19.9 Å². The molecule has 0 aliphatic rings. The lowest BCUT2D eigenvalue weighted by Crippen LogP contribution is -2.39. The summed E-state index contributed by atoms with van der Waals surface area (Å²) >= 11 is 1.69. The molecule has 0 bridgehead atoms. The van der Waals surface area contributed by atoms with Crippen LogP contribution in [-0.2, 0) is 13.0 Å². The molecule has 0 spiro atoms. The third kappa shape index (κ3) is 6.03. The Morgan fingerprint density at radius 2 is 2.07 bits per heavy atom. The lowest BCUT2D eigenvalue weighted by Gasteiger charge is -2.20. The first kappa shape index (κ1) is 21.4. The van der Waals surface area contributed by atoms with Crippen LogP contribution in [0, 0.1) is 6.92 Å². The summed E-state index contributed by atoms with van der Waals surface area (Å²) in [7, 11) is 3.80. The van der Waals surface area contributed by atoms with Crippen LogP contribution >= 0.6 is 35.3 Å². The topological polar surface area (TPSA) is 69.2 Å². The molecule has 1 aromatic carbocycles. The van der Waals surface area contributed by atoms with Crippen LogP contribution in [0.4, 0.5) is 0 Å². The Hall–Kier alpha value is -1.94. The molecule has 0 unspecified atom stereocenters. The van der Waals surface area contributed by atoms with Gasteiger partial charge in [0.1, 0.15) is 5.82 Å². The maximum Gasteiger partial charge on any atom is 0.193 e. The van der Waals surface area contributed by atoms with Gasteiger partial charge in [0.25, 0.3) is 0 Å². The van der Waals surface area contributed by atoms with Gasteiger partial charge in [-0.05, 0) is 12.5 Å². The second-order valence-corrected chi connectivity index (χ2v) is 7.11. The monoisotopic (exact) mass is 496 g/mol. The normalized spacial score (nSPS) is 11.1. The van der Waals surface area contributed by atoms with Gasteiger partial charge < -0.3 is 15.2 Å². The van der Waals surface area contributed by atoms with E-state index in [2.05, 4.69) is 47.7 Å². The van der Waals surface area contributed by atoms with Crippen molar-refractivity contribution in [2.75, 3.05) is 20.6 Å². The summed E-state index contributed by atoms with van der Waals surface area (Å²) in [6.07, 6.45) is 2.76. The minimum Gasteiger partial charge on any atom is -0.356 e. The van der Waals surface area contributed by atoms with E-state index in [4.69, 9.17) is 0 Å². The van der Waals surface area contributed by atoms with E-state index in [9.17, 15) is 0 Å². The highest BCUT2D eigenvalue weighted by atomic mass is 127. The van der Waals surface area contributed by atoms with E-state index >= 15 is 0 Å². The van der Waals surface area contributed by atoms with Gasteiger partial charge in [-0.2, -0.15) is 0 Å². The number of imidazole rings is 1. The van der Waals surface area contributed by atoms with Crippen LogP contribution in [-0.4, -0.2) is 46.5 Å². The predicted octanol–water partition coefficient (Wildman–Crippen LogP) is 3.71. The summed E-state index contributed by atoms with van der Waals surface area (Å²) in [5.74, 6) is 1.75. The van der Waals surface area contributed by atoms with Crippen molar-refractivity contribution in [1.82, 2.24) is 25.2 Å². The molecule has 8 heteroatoms. The number of guanidine groups is 1. The van der Waals surface area contributed by atoms with Gasteiger partial charge in [-0.3, -0.25) is 4.99 Å². The lowest BCUT2D eigenvalue weighted by molar-refractivity contribution is 0.464. The van der Waals surface area contributed by atoms with Crippen molar-refractivity contribution in [3.05, 3.63) is 58.4 Å². The van der Waals surface area contributed by atoms with E-state index in [1.807, 2.05) is 38.4 Å². The Kier molecular flexibility index (Phi) is 8.23. The highest BCUT2D eigenvalue weighted by Crippen LogP contribution is 2.16. The van der Waals surface area contributed by atoms with Gasteiger partial charge in [-0.1, -0.05) is 30.3 Å². The zero-order valence-electron chi connectivity index (χ0n) is 15.8. The summed E-state index contributed by atoms with van der Waals surface area (Å²) in [6, 6.07) is 10.2. The fraction of sp³-hybridized carbons (Fsp3) is 0.316. The molecule has 144 valence electrons. The van der Waals surface area contributed by atoms with Crippen molar-refractivity contribution < 1.29 is 0 Å². The second kappa shape index (κ2) is 10.4. The lowest BCUT2D eigenvalue weighted by atomic mass is 10.2. The number of rotatable bonds is 6. The molecule has 3 rings (SSSR count). The third-order valence-electron chi connectivity index (χ3n) is 4.00. The minimum absolute atomic E-state index is 0. The first-order valence-corrected chi connectivity index (χ1v) is 9.46. The Bertz CT molecular complexity index is 858. The van der Waals surface area contributed by atoms with Gasteiger partial charge in [-0.15, -0.1) is 35.3 Å². The molecule has 3 aromatic rings. The van der Waals surface area contributed by atoms with E-state index in [1.54, 1.807) is 18.4 Å². The number of H-pyrrole nitrogens is 1. The van der Waals surface area contributed by atoms with Crippen LogP contribution in [0.1, 0.15) is 16.5 Å². The standard InChI is InChI=1S/C19H24N6S.HI/c1-14-23-16(13-26-14)9-10-21-19(20-2)25(3)12-18-22-11-17(24-18)15-7-5-4-6-8-15;/h4-8,11,13H,9-10,12H2,1-3H3,(H,20,21)(H,22,24);1H. The third-order valence-corrected chi connectivity index (χ3v) is 4.83. The minimum atomic E-state index is 0. The number of halogens is 1. The number of aromatic nitrogens is 3. The number of hydrogen-bond acceptors (Lipinski definition) is 4. The molecule has 0 saturated carbocycles. The molecule has 0 fully saturated rings. The molecule has 0 radical (unpaired) electrons. The van der Waals surface area contributed by atoms with Crippen molar-refractivity contribution in [3.8, 4) is 11.3 Å². The Morgan fingerprint density at radius 3 is 2.74 bits per heavy atom. The molecule has 0 aliphatic carbocycles. The van der Waals surface area contributed by atoms with Crippen molar-refractivity contribution in [2.24, 2.45) is 4.99 Å². The van der Waals surface area contributed by atoms with Crippen molar-refractivity contribution in [1.29, 1.82) is 0 Å². The number of hydrogen-bond donors (Lipinski definition) is 2. The van der Waals surface area contributed by atoms with Gasteiger partial charge in [-0.25, -0.2) is 9.97 Å². The molecule has 27 heavy (non-hydrogen) atoms. The van der Waals surface area contributed by atoms with Crippen molar-refractivity contribution >= 4 is 41.3 Å². The van der Waals surface area contributed by atoms with E-state index < -0.39 is 0 Å². The Morgan fingerprint density at radius 1 is 1.30 bits per heavy atom. The predicted molar refractivity (Wildman–Crippen MR) is 123 cm³/mol. The van der Waals surface area contributed by atoms with Crippen LogP contribution < -0.4 is 5.32 Å². The maximum atomic E-state index is 4.49. The van der Waals surface area contributed by atoms with Crippen LogP contribution in [0.25, 0.3) is 11.3 Å². The number of thiazole rings is 1. The first-order chi connectivity index (χ1) is 12.7. The summed E-state index contributed by atoms with van der Waals surface area (Å²) in [5.41, 5.74) is 3.28. The summed E-state index contributed by atoms with van der Waals surface area (Å²) in [5, 5.41) is 6.60. The van der Waals surface area contributed by atoms with Crippen LogP contribution in [0.15, 0.2) is 46.9 Å². The fourth-order valence-corrected chi connectivity index (χ4v) is 3.36. The highest BCUT2D eigenvalue weighted by Gasteiger charge is 2.10. The zero-order valence-corrected chi connectivity index (χ0v) is 18.9. The molecule has 2 aromatic heterocycles. The smallest absolute Gasteiger partial charge is 0.193 e. The molecular weight excluding hydrogens is 471 g/mol. The molecular formula is C19H25IN6S. The summed E-state index contributed by atoms with van der Waals surface area (Å²) in [4.78, 5) is 18.8. The fourth-order valence-electron chi connectivity index (χ4n) is 2.72. The van der Waals surface area contributed by atoms with E-state index in [1.165, 1.54) is 0 Å². The molecule has 0 aliphatic heterocycles. The molecule has 6 nitrogen and oxygen atoms in total. The van der Waals surface area contributed by atoms with Gasteiger partial charge in [0.15, 0.2) is 5.96 Å². The first-order valence-electron chi connectivity index (χ1n) is 8.58. The SMILES string of the molecule is CN=C(NCCc1csc(C)n1)N(C)Cc1ncc(-c2ccccc2)[nH]1.I.